The van der Waals surface area contributed by atoms with Crippen LogP contribution < -0.4 is 10.1 Å². The Balaban J connectivity index is 1.91. The maximum atomic E-state index is 12.7. The molecule has 6 heteroatoms. The fraction of sp³-hybridized carbons (Fsp3) is 0.571. The SMILES string of the molecule is CC1CN(S(=O)(=O)c2ccc3c(c2)CCO3)CC(C)N1. The van der Waals surface area contributed by atoms with Crippen LogP contribution in [0.25, 0.3) is 0 Å². The van der Waals surface area contributed by atoms with E-state index in [0.717, 1.165) is 17.7 Å². The predicted octanol–water partition coefficient (Wildman–Crippen LogP) is 0.992. The molecule has 0 saturated carbocycles. The van der Waals surface area contributed by atoms with Crippen molar-refractivity contribution < 1.29 is 13.2 Å². The van der Waals surface area contributed by atoms with Gasteiger partial charge in [-0.1, -0.05) is 0 Å². The van der Waals surface area contributed by atoms with Gasteiger partial charge in [-0.25, -0.2) is 8.42 Å². The van der Waals surface area contributed by atoms with Crippen LogP contribution in [0.5, 0.6) is 5.75 Å². The molecule has 110 valence electrons. The molecule has 1 N–H and O–H groups in total. The molecule has 0 bridgehead atoms. The maximum absolute atomic E-state index is 12.7. The van der Waals surface area contributed by atoms with Crippen molar-refractivity contribution in [1.29, 1.82) is 0 Å². The van der Waals surface area contributed by atoms with Crippen LogP contribution in [0.3, 0.4) is 0 Å². The summed E-state index contributed by atoms with van der Waals surface area (Å²) in [6.45, 7) is 5.69. The minimum atomic E-state index is -3.41. The first kappa shape index (κ1) is 13.9. The smallest absolute Gasteiger partial charge is 0.243 e. The highest BCUT2D eigenvalue weighted by Gasteiger charge is 2.32. The van der Waals surface area contributed by atoms with E-state index in [1.54, 1.807) is 22.5 Å². The largest absolute Gasteiger partial charge is 0.493 e. The molecule has 3 rings (SSSR count). The van der Waals surface area contributed by atoms with E-state index in [2.05, 4.69) is 5.32 Å². The summed E-state index contributed by atoms with van der Waals surface area (Å²) in [4.78, 5) is 0.378. The summed E-state index contributed by atoms with van der Waals surface area (Å²) in [7, 11) is -3.41. The molecule has 20 heavy (non-hydrogen) atoms. The Kier molecular flexibility index (Phi) is 3.48. The third-order valence-corrected chi connectivity index (χ3v) is 5.65. The Hall–Kier alpha value is -1.11. The number of nitrogens with zero attached hydrogens (tertiary/aromatic N) is 1. The molecule has 0 radical (unpaired) electrons. The Labute approximate surface area is 120 Å². The highest BCUT2D eigenvalue weighted by molar-refractivity contribution is 7.89. The minimum absolute atomic E-state index is 0.172. The third kappa shape index (κ3) is 2.43. The zero-order valence-electron chi connectivity index (χ0n) is 11.8. The second-order valence-electron chi connectivity index (χ2n) is 5.66. The van der Waals surface area contributed by atoms with Crippen LogP contribution in [0.4, 0.5) is 0 Å². The van der Waals surface area contributed by atoms with Crippen LogP contribution in [-0.2, 0) is 16.4 Å². The molecule has 2 heterocycles. The van der Waals surface area contributed by atoms with Gasteiger partial charge in [-0.3, -0.25) is 0 Å². The van der Waals surface area contributed by atoms with E-state index in [-0.39, 0.29) is 12.1 Å². The molecule has 0 spiro atoms. The van der Waals surface area contributed by atoms with Gasteiger partial charge >= 0.3 is 0 Å². The molecule has 2 aliphatic rings. The van der Waals surface area contributed by atoms with Crippen LogP contribution >= 0.6 is 0 Å². The number of piperazine rings is 1. The van der Waals surface area contributed by atoms with Gasteiger partial charge in [-0.05, 0) is 37.6 Å². The van der Waals surface area contributed by atoms with Crippen LogP contribution in [0.2, 0.25) is 0 Å². The second kappa shape index (κ2) is 5.02. The van der Waals surface area contributed by atoms with Gasteiger partial charge in [0.1, 0.15) is 5.75 Å². The number of hydrogen-bond acceptors (Lipinski definition) is 4. The van der Waals surface area contributed by atoms with E-state index in [1.807, 2.05) is 13.8 Å². The average Bonchev–Trinajstić information content (AvgIpc) is 2.84. The summed E-state index contributed by atoms with van der Waals surface area (Å²) in [6.07, 6.45) is 0.785. The van der Waals surface area contributed by atoms with E-state index in [0.29, 0.717) is 24.6 Å². The van der Waals surface area contributed by atoms with Gasteiger partial charge in [0.2, 0.25) is 10.0 Å². The molecule has 2 unspecified atom stereocenters. The summed E-state index contributed by atoms with van der Waals surface area (Å²) in [5.74, 6) is 0.811. The molecule has 1 fully saturated rings. The third-order valence-electron chi connectivity index (χ3n) is 3.82. The molecule has 1 saturated heterocycles. The number of rotatable bonds is 2. The normalized spacial score (nSPS) is 27.1. The molecule has 0 aromatic heterocycles. The zero-order chi connectivity index (χ0) is 14.3. The lowest BCUT2D eigenvalue weighted by Crippen LogP contribution is -2.55. The van der Waals surface area contributed by atoms with Crippen molar-refractivity contribution in [3.05, 3.63) is 23.8 Å². The number of sulfonamides is 1. The van der Waals surface area contributed by atoms with Gasteiger partial charge < -0.3 is 10.1 Å². The van der Waals surface area contributed by atoms with Crippen LogP contribution in [-0.4, -0.2) is 44.5 Å². The maximum Gasteiger partial charge on any atom is 0.243 e. The van der Waals surface area contributed by atoms with Crippen molar-refractivity contribution in [3.63, 3.8) is 0 Å². The zero-order valence-corrected chi connectivity index (χ0v) is 12.6. The summed E-state index contributed by atoms with van der Waals surface area (Å²) in [6, 6.07) is 5.52. The number of nitrogens with one attached hydrogen (secondary N) is 1. The lowest BCUT2D eigenvalue weighted by Gasteiger charge is -2.35. The van der Waals surface area contributed by atoms with Gasteiger partial charge in [0.25, 0.3) is 0 Å². The van der Waals surface area contributed by atoms with Crippen LogP contribution in [0.1, 0.15) is 19.4 Å². The Bertz CT molecular complexity index is 605. The van der Waals surface area contributed by atoms with Crippen molar-refractivity contribution in [3.8, 4) is 5.75 Å². The van der Waals surface area contributed by atoms with Crippen molar-refractivity contribution in [1.82, 2.24) is 9.62 Å². The molecule has 1 aromatic rings. The van der Waals surface area contributed by atoms with Crippen molar-refractivity contribution in [2.45, 2.75) is 37.2 Å². The molecule has 0 aliphatic carbocycles. The number of hydrogen-bond donors (Lipinski definition) is 1. The molecule has 2 aliphatic heterocycles. The summed E-state index contributed by atoms with van der Waals surface area (Å²) >= 11 is 0. The summed E-state index contributed by atoms with van der Waals surface area (Å²) in [5.41, 5.74) is 0.988. The standard InChI is InChI=1S/C14H20N2O3S/c1-10-8-16(9-11(2)15-10)20(17,18)13-3-4-14-12(7-13)5-6-19-14/h3-4,7,10-11,15H,5-6,8-9H2,1-2H3. The van der Waals surface area contributed by atoms with E-state index < -0.39 is 10.0 Å². The fourth-order valence-corrected chi connectivity index (χ4v) is 4.61. The quantitative estimate of drug-likeness (QED) is 0.884. The highest BCUT2D eigenvalue weighted by Crippen LogP contribution is 2.29. The van der Waals surface area contributed by atoms with Crippen molar-refractivity contribution in [2.75, 3.05) is 19.7 Å². The van der Waals surface area contributed by atoms with Crippen molar-refractivity contribution >= 4 is 10.0 Å². The minimum Gasteiger partial charge on any atom is -0.493 e. The second-order valence-corrected chi connectivity index (χ2v) is 7.60. The van der Waals surface area contributed by atoms with Gasteiger partial charge in [0.15, 0.2) is 0 Å². The summed E-state index contributed by atoms with van der Waals surface area (Å²) in [5, 5.41) is 3.35. The van der Waals surface area contributed by atoms with E-state index in [4.69, 9.17) is 4.74 Å². The van der Waals surface area contributed by atoms with E-state index in [9.17, 15) is 8.42 Å². The molecular weight excluding hydrogens is 276 g/mol. The van der Waals surface area contributed by atoms with E-state index in [1.165, 1.54) is 0 Å². The number of ether oxygens (including phenoxy) is 1. The fourth-order valence-electron chi connectivity index (χ4n) is 2.95. The van der Waals surface area contributed by atoms with Gasteiger partial charge in [-0.15, -0.1) is 0 Å². The topological polar surface area (TPSA) is 58.6 Å². The van der Waals surface area contributed by atoms with E-state index >= 15 is 0 Å². The molecule has 1 aromatic carbocycles. The van der Waals surface area contributed by atoms with Gasteiger partial charge in [-0.2, -0.15) is 4.31 Å². The van der Waals surface area contributed by atoms with Gasteiger partial charge in [0, 0.05) is 31.6 Å². The monoisotopic (exact) mass is 296 g/mol. The molecule has 0 amide bonds. The van der Waals surface area contributed by atoms with Gasteiger partial charge in [0.05, 0.1) is 11.5 Å². The van der Waals surface area contributed by atoms with Crippen LogP contribution in [0, 0.1) is 0 Å². The number of benzene rings is 1. The average molecular weight is 296 g/mol. The molecular formula is C14H20N2O3S. The first-order valence-electron chi connectivity index (χ1n) is 6.99. The Morgan fingerprint density at radius 2 is 1.95 bits per heavy atom. The number of fused-ring (bicyclic) bond motifs is 1. The first-order valence-corrected chi connectivity index (χ1v) is 8.43. The lowest BCUT2D eigenvalue weighted by atomic mass is 10.2. The molecule has 2 atom stereocenters. The highest BCUT2D eigenvalue weighted by atomic mass is 32.2. The van der Waals surface area contributed by atoms with Crippen molar-refractivity contribution in [2.24, 2.45) is 0 Å². The van der Waals surface area contributed by atoms with Crippen LogP contribution in [0.15, 0.2) is 23.1 Å². The lowest BCUT2D eigenvalue weighted by molar-refractivity contribution is 0.263. The Morgan fingerprint density at radius 1 is 1.25 bits per heavy atom. The predicted molar refractivity (Wildman–Crippen MR) is 76.5 cm³/mol. The summed E-state index contributed by atoms with van der Waals surface area (Å²) < 4.78 is 32.5. The Morgan fingerprint density at radius 3 is 2.65 bits per heavy atom. The first-order chi connectivity index (χ1) is 9.46. The molecule has 5 nitrogen and oxygen atoms in total.